The molecule has 0 radical (unpaired) electrons. The first kappa shape index (κ1) is 16.9. The van der Waals surface area contributed by atoms with Crippen molar-refractivity contribution in [3.63, 3.8) is 0 Å². The molecule has 21 heavy (non-hydrogen) atoms. The van der Waals surface area contributed by atoms with E-state index >= 15 is 0 Å². The molecule has 8 nitrogen and oxygen atoms in total. The van der Waals surface area contributed by atoms with E-state index in [1.54, 1.807) is 7.11 Å². The standard InChI is InChI=1S/C13H19N3O5/c1-20-8-7-14-5-6-15-13(17)11-9-10(16(18)19)3-4-12(11)21-2/h3-4,9,14H,5-8H2,1-2H3,(H,15,17). The molecule has 1 aromatic carbocycles. The summed E-state index contributed by atoms with van der Waals surface area (Å²) in [5.41, 5.74) is -0.0113. The molecule has 1 rings (SSSR count). The number of methoxy groups -OCH3 is 2. The molecule has 8 heteroatoms. The lowest BCUT2D eigenvalue weighted by molar-refractivity contribution is -0.384. The van der Waals surface area contributed by atoms with Gasteiger partial charge in [0.25, 0.3) is 11.6 Å². The second-order valence-corrected chi connectivity index (χ2v) is 4.14. The van der Waals surface area contributed by atoms with E-state index in [1.165, 1.54) is 25.3 Å². The minimum atomic E-state index is -0.553. The lowest BCUT2D eigenvalue weighted by Gasteiger charge is -2.09. The van der Waals surface area contributed by atoms with Crippen LogP contribution in [0.3, 0.4) is 0 Å². The van der Waals surface area contributed by atoms with Gasteiger partial charge in [-0.1, -0.05) is 0 Å². The van der Waals surface area contributed by atoms with Crippen molar-refractivity contribution in [2.75, 3.05) is 40.5 Å². The molecule has 1 aromatic rings. The molecular formula is C13H19N3O5. The van der Waals surface area contributed by atoms with Crippen molar-refractivity contribution in [1.82, 2.24) is 10.6 Å². The second kappa shape index (κ2) is 8.88. The monoisotopic (exact) mass is 297 g/mol. The molecule has 0 aliphatic rings. The third kappa shape index (κ3) is 5.36. The van der Waals surface area contributed by atoms with E-state index in [0.717, 1.165) is 0 Å². The molecule has 0 fully saturated rings. The number of carbonyl (C=O) groups excluding carboxylic acids is 1. The number of nitro groups is 1. The van der Waals surface area contributed by atoms with Crippen LogP contribution in [-0.4, -0.2) is 51.3 Å². The van der Waals surface area contributed by atoms with Crippen LogP contribution in [0.5, 0.6) is 5.75 Å². The van der Waals surface area contributed by atoms with Gasteiger partial charge in [-0.25, -0.2) is 0 Å². The summed E-state index contributed by atoms with van der Waals surface area (Å²) >= 11 is 0. The fourth-order valence-corrected chi connectivity index (χ4v) is 1.65. The molecule has 0 spiro atoms. The number of nitrogens with zero attached hydrogens (tertiary/aromatic N) is 1. The van der Waals surface area contributed by atoms with Gasteiger partial charge in [0.05, 0.1) is 24.2 Å². The molecule has 0 aliphatic carbocycles. The molecule has 0 unspecified atom stereocenters. The van der Waals surface area contributed by atoms with Crippen molar-refractivity contribution >= 4 is 11.6 Å². The summed E-state index contributed by atoms with van der Waals surface area (Å²) in [7, 11) is 3.02. The summed E-state index contributed by atoms with van der Waals surface area (Å²) in [6, 6.07) is 3.90. The first-order valence-corrected chi connectivity index (χ1v) is 6.40. The van der Waals surface area contributed by atoms with Gasteiger partial charge in [-0.3, -0.25) is 14.9 Å². The predicted molar refractivity (Wildman–Crippen MR) is 76.7 cm³/mol. The quantitative estimate of drug-likeness (QED) is 0.392. The molecule has 0 bridgehead atoms. The SMILES string of the molecule is COCCNCCNC(=O)c1cc([N+](=O)[O-])ccc1OC. The highest BCUT2D eigenvalue weighted by Gasteiger charge is 2.16. The third-order valence-corrected chi connectivity index (χ3v) is 2.71. The van der Waals surface area contributed by atoms with Crippen LogP contribution in [0.1, 0.15) is 10.4 Å². The number of amides is 1. The second-order valence-electron chi connectivity index (χ2n) is 4.14. The topological polar surface area (TPSA) is 103 Å². The molecule has 116 valence electrons. The van der Waals surface area contributed by atoms with Gasteiger partial charge in [0.1, 0.15) is 5.75 Å². The molecule has 0 heterocycles. The summed E-state index contributed by atoms with van der Waals surface area (Å²) in [4.78, 5) is 22.2. The number of hydrogen-bond acceptors (Lipinski definition) is 6. The Kier molecular flexibility index (Phi) is 7.13. The van der Waals surface area contributed by atoms with Gasteiger partial charge in [-0.15, -0.1) is 0 Å². The fraction of sp³-hybridized carbons (Fsp3) is 0.462. The van der Waals surface area contributed by atoms with Gasteiger partial charge < -0.3 is 20.1 Å². The molecule has 0 saturated heterocycles. The average Bonchev–Trinajstić information content (AvgIpc) is 2.49. The van der Waals surface area contributed by atoms with Gasteiger partial charge in [0.15, 0.2) is 0 Å². The number of carbonyl (C=O) groups is 1. The Morgan fingerprint density at radius 2 is 2.05 bits per heavy atom. The first-order valence-electron chi connectivity index (χ1n) is 6.40. The van der Waals surface area contributed by atoms with E-state index in [-0.39, 0.29) is 11.3 Å². The van der Waals surface area contributed by atoms with Crippen LogP contribution in [0.4, 0.5) is 5.69 Å². The van der Waals surface area contributed by atoms with Crippen molar-refractivity contribution in [2.24, 2.45) is 0 Å². The molecule has 2 N–H and O–H groups in total. The third-order valence-electron chi connectivity index (χ3n) is 2.71. The number of nitrogens with one attached hydrogen (secondary N) is 2. The van der Waals surface area contributed by atoms with E-state index in [9.17, 15) is 14.9 Å². The van der Waals surface area contributed by atoms with Crippen LogP contribution < -0.4 is 15.4 Å². The number of ether oxygens (including phenoxy) is 2. The highest BCUT2D eigenvalue weighted by atomic mass is 16.6. The molecule has 0 aromatic heterocycles. The van der Waals surface area contributed by atoms with Crippen molar-refractivity contribution in [3.8, 4) is 5.75 Å². The first-order chi connectivity index (χ1) is 10.1. The zero-order valence-corrected chi connectivity index (χ0v) is 12.0. The summed E-state index contributed by atoms with van der Waals surface area (Å²) in [5.74, 6) is -0.116. The number of non-ortho nitro benzene ring substituents is 1. The Bertz CT molecular complexity index is 493. The minimum Gasteiger partial charge on any atom is -0.496 e. The van der Waals surface area contributed by atoms with Crippen molar-refractivity contribution < 1.29 is 19.2 Å². The number of benzene rings is 1. The lowest BCUT2D eigenvalue weighted by Crippen LogP contribution is -2.33. The van der Waals surface area contributed by atoms with Crippen LogP contribution in [0.15, 0.2) is 18.2 Å². The zero-order chi connectivity index (χ0) is 15.7. The summed E-state index contributed by atoms with van der Waals surface area (Å²) in [6.45, 7) is 2.25. The Morgan fingerprint density at radius 1 is 1.29 bits per heavy atom. The Hall–Kier alpha value is -2.19. The average molecular weight is 297 g/mol. The lowest BCUT2D eigenvalue weighted by atomic mass is 10.1. The maximum Gasteiger partial charge on any atom is 0.270 e. The molecule has 0 atom stereocenters. The van der Waals surface area contributed by atoms with Gasteiger partial charge >= 0.3 is 0 Å². The number of rotatable bonds is 9. The zero-order valence-electron chi connectivity index (χ0n) is 12.0. The fourth-order valence-electron chi connectivity index (χ4n) is 1.65. The van der Waals surface area contributed by atoms with Gasteiger partial charge in [0.2, 0.25) is 0 Å². The predicted octanol–water partition coefficient (Wildman–Crippen LogP) is 0.569. The van der Waals surface area contributed by atoms with E-state index in [1.807, 2.05) is 0 Å². The summed E-state index contributed by atoms with van der Waals surface area (Å²) < 4.78 is 9.92. The maximum absolute atomic E-state index is 12.0. The largest absolute Gasteiger partial charge is 0.496 e. The van der Waals surface area contributed by atoms with Crippen LogP contribution in [0, 0.1) is 10.1 Å². The highest BCUT2D eigenvalue weighted by molar-refractivity contribution is 5.97. The van der Waals surface area contributed by atoms with Crippen LogP contribution in [0.2, 0.25) is 0 Å². The number of hydrogen-bond donors (Lipinski definition) is 2. The Labute approximate surface area is 122 Å². The normalized spacial score (nSPS) is 10.2. The number of nitro benzene ring substituents is 1. The van der Waals surface area contributed by atoms with Gasteiger partial charge in [-0.2, -0.15) is 0 Å². The van der Waals surface area contributed by atoms with Crippen molar-refractivity contribution in [3.05, 3.63) is 33.9 Å². The molecular weight excluding hydrogens is 278 g/mol. The van der Waals surface area contributed by atoms with Gasteiger partial charge in [0, 0.05) is 38.9 Å². The summed E-state index contributed by atoms with van der Waals surface area (Å²) in [6.07, 6.45) is 0. The van der Waals surface area contributed by atoms with E-state index in [0.29, 0.717) is 32.0 Å². The van der Waals surface area contributed by atoms with Crippen molar-refractivity contribution in [1.29, 1.82) is 0 Å². The maximum atomic E-state index is 12.0. The highest BCUT2D eigenvalue weighted by Crippen LogP contribution is 2.23. The van der Waals surface area contributed by atoms with Crippen LogP contribution >= 0.6 is 0 Å². The molecule has 1 amide bonds. The van der Waals surface area contributed by atoms with Crippen LogP contribution in [0.25, 0.3) is 0 Å². The van der Waals surface area contributed by atoms with Crippen LogP contribution in [-0.2, 0) is 4.74 Å². The Morgan fingerprint density at radius 3 is 2.67 bits per heavy atom. The Balaban J connectivity index is 2.59. The minimum absolute atomic E-state index is 0.142. The smallest absolute Gasteiger partial charge is 0.270 e. The van der Waals surface area contributed by atoms with Gasteiger partial charge in [-0.05, 0) is 6.07 Å². The molecule has 0 aliphatic heterocycles. The van der Waals surface area contributed by atoms with E-state index in [2.05, 4.69) is 10.6 Å². The van der Waals surface area contributed by atoms with E-state index < -0.39 is 10.8 Å². The van der Waals surface area contributed by atoms with Crippen molar-refractivity contribution in [2.45, 2.75) is 0 Å². The van der Waals surface area contributed by atoms with E-state index in [4.69, 9.17) is 9.47 Å². The summed E-state index contributed by atoms with van der Waals surface area (Å²) in [5, 5.41) is 16.5. The molecule has 0 saturated carbocycles.